The molecule has 1 saturated heterocycles. The third kappa shape index (κ3) is 3.08. The van der Waals surface area contributed by atoms with E-state index in [1.54, 1.807) is 29.2 Å². The number of hydrogen-bond donors (Lipinski definition) is 2. The first-order valence-electron chi connectivity index (χ1n) is 8.28. The fourth-order valence-electron chi connectivity index (χ4n) is 3.43. The zero-order valence-electron chi connectivity index (χ0n) is 13.7. The summed E-state index contributed by atoms with van der Waals surface area (Å²) in [6, 6.07) is 7.66. The Morgan fingerprint density at radius 1 is 1.31 bits per heavy atom. The molecule has 0 unspecified atom stereocenters. The lowest BCUT2D eigenvalue weighted by Gasteiger charge is -2.37. The second-order valence-electron chi connectivity index (χ2n) is 6.37. The second kappa shape index (κ2) is 6.74. The van der Waals surface area contributed by atoms with Crippen LogP contribution in [0.2, 0.25) is 5.02 Å². The van der Waals surface area contributed by atoms with Gasteiger partial charge in [0, 0.05) is 17.6 Å². The number of amides is 3. The van der Waals surface area contributed by atoms with Crippen LogP contribution in [-0.2, 0) is 4.79 Å². The summed E-state index contributed by atoms with van der Waals surface area (Å²) in [6.45, 7) is 0.411. The van der Waals surface area contributed by atoms with Crippen molar-refractivity contribution >= 4 is 46.3 Å². The normalized spacial score (nSPS) is 22.1. The lowest BCUT2D eigenvalue weighted by Crippen LogP contribution is -2.54. The van der Waals surface area contributed by atoms with Gasteiger partial charge in [0.2, 0.25) is 5.91 Å². The third-order valence-electron chi connectivity index (χ3n) is 4.72. The van der Waals surface area contributed by atoms with Crippen LogP contribution in [0.1, 0.15) is 32.9 Å². The average molecular weight is 390 g/mol. The van der Waals surface area contributed by atoms with E-state index in [4.69, 9.17) is 11.6 Å². The summed E-state index contributed by atoms with van der Waals surface area (Å²) in [5, 5.41) is 8.07. The van der Waals surface area contributed by atoms with Crippen molar-refractivity contribution in [2.45, 2.75) is 24.9 Å². The van der Waals surface area contributed by atoms with Crippen molar-refractivity contribution in [3.63, 3.8) is 0 Å². The van der Waals surface area contributed by atoms with Crippen LogP contribution in [0.15, 0.2) is 35.7 Å². The number of anilines is 1. The number of piperidine rings is 1. The Morgan fingerprint density at radius 2 is 2.15 bits per heavy atom. The van der Waals surface area contributed by atoms with Crippen LogP contribution in [0, 0.1) is 0 Å². The maximum absolute atomic E-state index is 12.8. The smallest absolute Gasteiger partial charge is 0.261 e. The number of halogens is 1. The largest absolute Gasteiger partial charge is 0.348 e. The van der Waals surface area contributed by atoms with Gasteiger partial charge in [-0.25, -0.2) is 0 Å². The number of nitrogens with zero attached hydrogens (tertiary/aromatic N) is 1. The summed E-state index contributed by atoms with van der Waals surface area (Å²) in [7, 11) is 0. The van der Waals surface area contributed by atoms with Crippen molar-refractivity contribution in [2.24, 2.45) is 0 Å². The summed E-state index contributed by atoms with van der Waals surface area (Å²) in [4.78, 5) is 40.0. The van der Waals surface area contributed by atoms with E-state index < -0.39 is 6.04 Å². The molecule has 0 spiro atoms. The molecule has 0 bridgehead atoms. The summed E-state index contributed by atoms with van der Waals surface area (Å²) >= 11 is 7.36. The third-order valence-corrected chi connectivity index (χ3v) is 5.82. The van der Waals surface area contributed by atoms with Gasteiger partial charge in [-0.1, -0.05) is 17.7 Å². The molecule has 0 radical (unpaired) electrons. The van der Waals surface area contributed by atoms with Crippen LogP contribution in [0.3, 0.4) is 0 Å². The Kier molecular flexibility index (Phi) is 4.42. The number of carbonyl (C=O) groups excluding carboxylic acids is 3. The van der Waals surface area contributed by atoms with Crippen LogP contribution in [0.4, 0.5) is 5.69 Å². The molecule has 6 nitrogen and oxygen atoms in total. The van der Waals surface area contributed by atoms with Gasteiger partial charge in [0.25, 0.3) is 11.8 Å². The lowest BCUT2D eigenvalue weighted by molar-refractivity contribution is -0.121. The van der Waals surface area contributed by atoms with Crippen molar-refractivity contribution in [1.29, 1.82) is 0 Å². The van der Waals surface area contributed by atoms with Crippen LogP contribution in [-0.4, -0.2) is 41.2 Å². The lowest BCUT2D eigenvalue weighted by atomic mass is 9.96. The highest BCUT2D eigenvalue weighted by Crippen LogP contribution is 2.30. The molecular formula is C18H16ClN3O3S. The Balaban J connectivity index is 1.54. The van der Waals surface area contributed by atoms with Crippen molar-refractivity contribution in [3.8, 4) is 0 Å². The molecule has 2 aliphatic rings. The molecule has 1 aromatic carbocycles. The summed E-state index contributed by atoms with van der Waals surface area (Å²) in [5.74, 6) is -0.591. The number of rotatable bonds is 2. The second-order valence-corrected chi connectivity index (χ2v) is 7.75. The molecule has 3 amide bonds. The van der Waals surface area contributed by atoms with E-state index in [-0.39, 0.29) is 23.8 Å². The number of thiophene rings is 1. The number of hydrogen-bond acceptors (Lipinski definition) is 4. The zero-order valence-corrected chi connectivity index (χ0v) is 15.3. The molecule has 2 aliphatic heterocycles. The molecule has 4 rings (SSSR count). The maximum Gasteiger partial charge on any atom is 0.261 e. The van der Waals surface area contributed by atoms with Gasteiger partial charge in [0.05, 0.1) is 16.1 Å². The van der Waals surface area contributed by atoms with Crippen LogP contribution in [0.5, 0.6) is 0 Å². The van der Waals surface area contributed by atoms with Gasteiger partial charge in [0.15, 0.2) is 0 Å². The Bertz CT molecular complexity index is 884. The van der Waals surface area contributed by atoms with Crippen molar-refractivity contribution in [3.05, 3.63) is 51.2 Å². The summed E-state index contributed by atoms with van der Waals surface area (Å²) < 4.78 is 0. The summed E-state index contributed by atoms with van der Waals surface area (Å²) in [5.41, 5.74) is 0.868. The van der Waals surface area contributed by atoms with Gasteiger partial charge < -0.3 is 15.5 Å². The summed E-state index contributed by atoms with van der Waals surface area (Å²) in [6.07, 6.45) is 0.992. The average Bonchev–Trinajstić information content (AvgIpc) is 3.13. The van der Waals surface area contributed by atoms with E-state index in [1.807, 2.05) is 11.4 Å². The van der Waals surface area contributed by atoms with Crippen LogP contribution < -0.4 is 10.6 Å². The van der Waals surface area contributed by atoms with Crippen molar-refractivity contribution in [1.82, 2.24) is 10.2 Å². The molecule has 1 fully saturated rings. The molecule has 0 saturated carbocycles. The first-order valence-corrected chi connectivity index (χ1v) is 9.54. The predicted molar refractivity (Wildman–Crippen MR) is 99.7 cm³/mol. The van der Waals surface area contributed by atoms with Crippen molar-refractivity contribution < 1.29 is 14.4 Å². The van der Waals surface area contributed by atoms with Gasteiger partial charge >= 0.3 is 0 Å². The van der Waals surface area contributed by atoms with E-state index in [0.29, 0.717) is 40.5 Å². The minimum atomic E-state index is -0.615. The van der Waals surface area contributed by atoms with Gasteiger partial charge in [-0.15, -0.1) is 11.3 Å². The Morgan fingerprint density at radius 3 is 2.92 bits per heavy atom. The molecule has 2 aromatic rings. The highest BCUT2D eigenvalue weighted by molar-refractivity contribution is 7.12. The van der Waals surface area contributed by atoms with E-state index in [0.717, 1.165) is 0 Å². The monoisotopic (exact) mass is 389 g/mol. The molecule has 134 valence electrons. The van der Waals surface area contributed by atoms with Gasteiger partial charge in [-0.2, -0.15) is 0 Å². The van der Waals surface area contributed by atoms with Gasteiger partial charge in [0.1, 0.15) is 6.04 Å². The maximum atomic E-state index is 12.8. The molecule has 26 heavy (non-hydrogen) atoms. The molecule has 1 aromatic heterocycles. The highest BCUT2D eigenvalue weighted by atomic mass is 35.5. The quantitative estimate of drug-likeness (QED) is 0.828. The van der Waals surface area contributed by atoms with Crippen LogP contribution in [0.25, 0.3) is 0 Å². The molecule has 8 heteroatoms. The number of benzene rings is 1. The fraction of sp³-hybridized carbons (Fsp3) is 0.278. The number of carbonyl (C=O) groups is 3. The number of nitrogens with one attached hydrogen (secondary N) is 2. The minimum Gasteiger partial charge on any atom is -0.348 e. The van der Waals surface area contributed by atoms with E-state index in [1.165, 1.54) is 11.3 Å². The molecule has 2 N–H and O–H groups in total. The van der Waals surface area contributed by atoms with Crippen LogP contribution >= 0.6 is 22.9 Å². The van der Waals surface area contributed by atoms with E-state index >= 15 is 0 Å². The first-order chi connectivity index (χ1) is 12.5. The SMILES string of the molecule is O=C(N[C@@H]1CCN2C(=O)c3ccc(Cl)cc3NC(=O)[C@@H]2C1)c1cccs1. The molecular weight excluding hydrogens is 374 g/mol. The zero-order chi connectivity index (χ0) is 18.3. The minimum absolute atomic E-state index is 0.145. The van der Waals surface area contributed by atoms with Gasteiger partial charge in [-0.3, -0.25) is 14.4 Å². The molecule has 0 aliphatic carbocycles. The molecule has 3 heterocycles. The van der Waals surface area contributed by atoms with E-state index in [2.05, 4.69) is 10.6 Å². The Hall–Kier alpha value is -2.38. The van der Waals surface area contributed by atoms with E-state index in [9.17, 15) is 14.4 Å². The highest BCUT2D eigenvalue weighted by Gasteiger charge is 2.40. The fourth-order valence-corrected chi connectivity index (χ4v) is 4.23. The Labute approximate surface area is 159 Å². The topological polar surface area (TPSA) is 78.5 Å². The van der Waals surface area contributed by atoms with Gasteiger partial charge in [-0.05, 0) is 42.5 Å². The predicted octanol–water partition coefficient (Wildman–Crippen LogP) is 2.76. The standard InChI is InChI=1S/C18H16ClN3O3S/c19-10-3-4-12-13(8-10)21-16(23)14-9-11(5-6-22(14)18(12)25)20-17(24)15-2-1-7-26-15/h1-4,7-8,11,14H,5-6,9H2,(H,20,24)(H,21,23)/t11-,14+/m1/s1. The first kappa shape index (κ1) is 17.1. The number of fused-ring (bicyclic) bond motifs is 2. The molecule has 2 atom stereocenters. The van der Waals surface area contributed by atoms with Crippen molar-refractivity contribution in [2.75, 3.05) is 11.9 Å².